The van der Waals surface area contributed by atoms with E-state index in [1.165, 1.54) is 0 Å². The molecule has 0 saturated carbocycles. The third-order valence-electron chi connectivity index (χ3n) is 4.54. The second-order valence-electron chi connectivity index (χ2n) is 7.30. The third kappa shape index (κ3) is 7.96. The van der Waals surface area contributed by atoms with Crippen molar-refractivity contribution in [2.24, 2.45) is 11.7 Å². The predicted octanol–water partition coefficient (Wildman–Crippen LogP) is 3.49. The first kappa shape index (κ1) is 24.7. The molecule has 0 bridgehead atoms. The fourth-order valence-electron chi connectivity index (χ4n) is 2.58. The number of hydrogen-bond donors (Lipinski definition) is 2. The van der Waals surface area contributed by atoms with Crippen LogP contribution in [0, 0.1) is 5.92 Å². The molecule has 0 aromatic heterocycles. The van der Waals surface area contributed by atoms with Crippen LogP contribution < -0.4 is 25.3 Å². The number of ether oxygens (including phenoxy) is 4. The lowest BCUT2D eigenvalue weighted by molar-refractivity contribution is -0.146. The number of hydrogen-bond acceptors (Lipinski definition) is 7. The Morgan fingerprint density at radius 1 is 0.938 bits per heavy atom. The molecule has 0 saturated heterocycles. The van der Waals surface area contributed by atoms with Crippen molar-refractivity contribution in [2.45, 2.75) is 19.9 Å². The predicted molar refractivity (Wildman–Crippen MR) is 123 cm³/mol. The van der Waals surface area contributed by atoms with Crippen LogP contribution >= 0.6 is 0 Å². The quantitative estimate of drug-likeness (QED) is 0.329. The molecule has 2 aromatic carbocycles. The Morgan fingerprint density at radius 3 is 2.09 bits per heavy atom. The second kappa shape index (κ2) is 12.4. The summed E-state index contributed by atoms with van der Waals surface area (Å²) < 4.78 is 20.8. The molecular weight excluding hydrogens is 412 g/mol. The highest BCUT2D eigenvalue weighted by molar-refractivity contribution is 5.76. The maximum atomic E-state index is 11.9. The SMILES string of the molecule is COc1cc(C=Cc2ccc(OC(=O)NCCOC(=O)C(N)C(C)C)cc2)cc(OC)c1. The van der Waals surface area contributed by atoms with E-state index in [9.17, 15) is 9.59 Å². The summed E-state index contributed by atoms with van der Waals surface area (Å²) in [5.74, 6) is 1.29. The first-order valence-corrected chi connectivity index (χ1v) is 10.2. The van der Waals surface area contributed by atoms with Gasteiger partial charge < -0.3 is 30.0 Å². The number of methoxy groups -OCH3 is 2. The molecule has 8 heteroatoms. The Bertz CT molecular complexity index is 902. The smallest absolute Gasteiger partial charge is 0.412 e. The second-order valence-corrected chi connectivity index (χ2v) is 7.30. The molecule has 2 rings (SSSR count). The molecule has 1 atom stereocenters. The summed E-state index contributed by atoms with van der Waals surface area (Å²) in [5.41, 5.74) is 7.55. The number of nitrogens with one attached hydrogen (secondary N) is 1. The highest BCUT2D eigenvalue weighted by Crippen LogP contribution is 2.24. The van der Waals surface area contributed by atoms with E-state index >= 15 is 0 Å². The number of rotatable bonds is 10. The van der Waals surface area contributed by atoms with Gasteiger partial charge in [0.1, 0.15) is 29.9 Å². The van der Waals surface area contributed by atoms with Gasteiger partial charge in [-0.05, 0) is 41.3 Å². The molecule has 1 unspecified atom stereocenters. The highest BCUT2D eigenvalue weighted by atomic mass is 16.6. The molecule has 0 spiro atoms. The molecule has 8 nitrogen and oxygen atoms in total. The lowest BCUT2D eigenvalue weighted by Crippen LogP contribution is -2.38. The Balaban J connectivity index is 1.82. The number of benzene rings is 2. The van der Waals surface area contributed by atoms with Crippen LogP contribution in [0.15, 0.2) is 42.5 Å². The van der Waals surface area contributed by atoms with E-state index in [1.54, 1.807) is 32.4 Å². The van der Waals surface area contributed by atoms with Gasteiger partial charge in [0.15, 0.2) is 0 Å². The molecule has 0 aliphatic carbocycles. The molecule has 2 aromatic rings. The van der Waals surface area contributed by atoms with Gasteiger partial charge in [0.2, 0.25) is 0 Å². The Kier molecular flexibility index (Phi) is 9.56. The normalized spacial score (nSPS) is 11.8. The first-order valence-electron chi connectivity index (χ1n) is 10.2. The van der Waals surface area contributed by atoms with E-state index in [1.807, 2.05) is 50.3 Å². The number of carbonyl (C=O) groups excluding carboxylic acids is 2. The lowest BCUT2D eigenvalue weighted by Gasteiger charge is -2.14. The zero-order valence-electron chi connectivity index (χ0n) is 18.8. The maximum absolute atomic E-state index is 11.9. The fourth-order valence-corrected chi connectivity index (χ4v) is 2.58. The van der Waals surface area contributed by atoms with Gasteiger partial charge in [-0.25, -0.2) is 4.79 Å². The monoisotopic (exact) mass is 442 g/mol. The molecule has 0 aliphatic rings. The Labute approximate surface area is 188 Å². The van der Waals surface area contributed by atoms with Gasteiger partial charge in [-0.3, -0.25) is 4.79 Å². The number of amides is 1. The van der Waals surface area contributed by atoms with Crippen molar-refractivity contribution in [3.8, 4) is 17.2 Å². The summed E-state index contributed by atoms with van der Waals surface area (Å²) in [7, 11) is 3.21. The van der Waals surface area contributed by atoms with Gasteiger partial charge in [-0.1, -0.05) is 38.1 Å². The van der Waals surface area contributed by atoms with Gasteiger partial charge >= 0.3 is 12.1 Å². The summed E-state index contributed by atoms with van der Waals surface area (Å²) in [4.78, 5) is 23.5. The standard InChI is InChI=1S/C24H30N2O6/c1-16(2)22(25)23(27)31-12-11-26-24(28)32-19-9-7-17(8-10-19)5-6-18-13-20(29-3)15-21(14-18)30-4/h5-10,13-16,22H,11-12,25H2,1-4H3,(H,26,28). The van der Waals surface area contributed by atoms with Crippen molar-refractivity contribution in [2.75, 3.05) is 27.4 Å². The molecule has 1 amide bonds. The van der Waals surface area contributed by atoms with E-state index in [2.05, 4.69) is 5.32 Å². The molecule has 0 fully saturated rings. The van der Waals surface area contributed by atoms with E-state index in [0.29, 0.717) is 17.2 Å². The molecule has 0 aliphatic heterocycles. The van der Waals surface area contributed by atoms with Crippen LogP contribution in [0.25, 0.3) is 12.2 Å². The van der Waals surface area contributed by atoms with Crippen LogP contribution in [-0.4, -0.2) is 45.5 Å². The lowest BCUT2D eigenvalue weighted by atomic mass is 10.1. The third-order valence-corrected chi connectivity index (χ3v) is 4.54. The van der Waals surface area contributed by atoms with Crippen LogP contribution in [0.5, 0.6) is 17.2 Å². The molecule has 172 valence electrons. The van der Waals surface area contributed by atoms with Crippen LogP contribution in [0.4, 0.5) is 4.79 Å². The Hall–Kier alpha value is -3.52. The largest absolute Gasteiger partial charge is 0.497 e. The first-order chi connectivity index (χ1) is 15.3. The molecule has 0 heterocycles. The van der Waals surface area contributed by atoms with Crippen molar-refractivity contribution in [1.29, 1.82) is 0 Å². The van der Waals surface area contributed by atoms with Crippen molar-refractivity contribution in [3.05, 3.63) is 53.6 Å². The van der Waals surface area contributed by atoms with E-state index in [-0.39, 0.29) is 19.1 Å². The Morgan fingerprint density at radius 2 is 1.53 bits per heavy atom. The molecule has 3 N–H and O–H groups in total. The van der Waals surface area contributed by atoms with E-state index in [4.69, 9.17) is 24.7 Å². The molecular formula is C24H30N2O6. The summed E-state index contributed by atoms with van der Waals surface area (Å²) in [6.45, 7) is 3.81. The van der Waals surface area contributed by atoms with Crippen molar-refractivity contribution in [3.63, 3.8) is 0 Å². The van der Waals surface area contributed by atoms with Crippen molar-refractivity contribution < 1.29 is 28.5 Å². The van der Waals surface area contributed by atoms with Crippen LogP contribution in [-0.2, 0) is 9.53 Å². The van der Waals surface area contributed by atoms with Crippen molar-refractivity contribution in [1.82, 2.24) is 5.32 Å². The fraction of sp³-hybridized carbons (Fsp3) is 0.333. The topological polar surface area (TPSA) is 109 Å². The highest BCUT2D eigenvalue weighted by Gasteiger charge is 2.18. The van der Waals surface area contributed by atoms with Gasteiger partial charge in [0.05, 0.1) is 20.8 Å². The van der Waals surface area contributed by atoms with E-state index in [0.717, 1.165) is 11.1 Å². The zero-order chi connectivity index (χ0) is 23.5. The van der Waals surface area contributed by atoms with Gasteiger partial charge in [0.25, 0.3) is 0 Å². The minimum absolute atomic E-state index is 0.0170. The summed E-state index contributed by atoms with van der Waals surface area (Å²) in [6.07, 6.45) is 3.22. The van der Waals surface area contributed by atoms with Gasteiger partial charge in [-0.15, -0.1) is 0 Å². The summed E-state index contributed by atoms with van der Waals surface area (Å²) in [6, 6.07) is 11.9. The summed E-state index contributed by atoms with van der Waals surface area (Å²) in [5, 5.41) is 2.52. The average molecular weight is 443 g/mol. The maximum Gasteiger partial charge on any atom is 0.412 e. The van der Waals surface area contributed by atoms with Crippen molar-refractivity contribution >= 4 is 24.2 Å². The van der Waals surface area contributed by atoms with E-state index < -0.39 is 18.1 Å². The minimum atomic E-state index is -0.680. The molecule has 32 heavy (non-hydrogen) atoms. The summed E-state index contributed by atoms with van der Waals surface area (Å²) >= 11 is 0. The minimum Gasteiger partial charge on any atom is -0.497 e. The number of esters is 1. The van der Waals surface area contributed by atoms with Crippen LogP contribution in [0.1, 0.15) is 25.0 Å². The van der Waals surface area contributed by atoms with Crippen LogP contribution in [0.2, 0.25) is 0 Å². The number of nitrogens with two attached hydrogens (primary N) is 1. The van der Waals surface area contributed by atoms with Crippen LogP contribution in [0.3, 0.4) is 0 Å². The van der Waals surface area contributed by atoms with Gasteiger partial charge in [0, 0.05) is 6.07 Å². The average Bonchev–Trinajstić information content (AvgIpc) is 2.80. The molecule has 0 radical (unpaired) electrons. The zero-order valence-corrected chi connectivity index (χ0v) is 18.8. The van der Waals surface area contributed by atoms with Gasteiger partial charge in [-0.2, -0.15) is 0 Å². The number of carbonyl (C=O) groups is 2.